The van der Waals surface area contributed by atoms with E-state index in [0.29, 0.717) is 6.54 Å². The van der Waals surface area contributed by atoms with Gasteiger partial charge in [-0.25, -0.2) is 0 Å². The molecule has 3 nitrogen and oxygen atoms in total. The topological polar surface area (TPSA) is 49.3 Å². The summed E-state index contributed by atoms with van der Waals surface area (Å²) < 4.78 is 0. The van der Waals surface area contributed by atoms with Crippen LogP contribution in [-0.2, 0) is 4.79 Å². The Morgan fingerprint density at radius 3 is 2.38 bits per heavy atom. The van der Waals surface area contributed by atoms with Crippen LogP contribution in [0.5, 0.6) is 0 Å². The molecule has 1 atom stereocenters. The molecule has 0 radical (unpaired) electrons. The standard InChI is InChI=1S/C18H27NO2/c1-14(2)17(20)19-13-16(15-9-5-3-6-10-15)18(21)11-7-4-8-12-18/h3,5-6,9-10,14,16,21H,4,7-8,11-13H2,1-2H3,(H,19,20)/t16-/m1/s1. The fourth-order valence-electron chi connectivity index (χ4n) is 3.22. The first-order chi connectivity index (χ1) is 10.0. The van der Waals surface area contributed by atoms with Crippen LogP contribution in [0.1, 0.15) is 57.4 Å². The van der Waals surface area contributed by atoms with Crippen molar-refractivity contribution in [3.05, 3.63) is 35.9 Å². The number of amides is 1. The number of rotatable bonds is 5. The van der Waals surface area contributed by atoms with Crippen molar-refractivity contribution in [2.75, 3.05) is 6.54 Å². The number of carbonyl (C=O) groups is 1. The van der Waals surface area contributed by atoms with E-state index < -0.39 is 5.60 Å². The number of aliphatic hydroxyl groups is 1. The highest BCUT2D eigenvalue weighted by atomic mass is 16.3. The summed E-state index contributed by atoms with van der Waals surface area (Å²) in [5.41, 5.74) is 0.426. The van der Waals surface area contributed by atoms with Crippen LogP contribution in [0.25, 0.3) is 0 Å². The van der Waals surface area contributed by atoms with E-state index in [1.807, 2.05) is 32.0 Å². The highest BCUT2D eigenvalue weighted by Crippen LogP contribution is 2.39. The summed E-state index contributed by atoms with van der Waals surface area (Å²) in [6.45, 7) is 4.29. The van der Waals surface area contributed by atoms with Crippen molar-refractivity contribution in [2.24, 2.45) is 5.92 Å². The maximum Gasteiger partial charge on any atom is 0.222 e. The van der Waals surface area contributed by atoms with Gasteiger partial charge < -0.3 is 10.4 Å². The zero-order valence-corrected chi connectivity index (χ0v) is 13.1. The molecule has 1 saturated carbocycles. The Hall–Kier alpha value is -1.35. The molecule has 1 amide bonds. The fraction of sp³-hybridized carbons (Fsp3) is 0.611. The molecular weight excluding hydrogens is 262 g/mol. The van der Waals surface area contributed by atoms with E-state index in [1.165, 1.54) is 6.42 Å². The van der Waals surface area contributed by atoms with Gasteiger partial charge in [-0.15, -0.1) is 0 Å². The summed E-state index contributed by atoms with van der Waals surface area (Å²) >= 11 is 0. The van der Waals surface area contributed by atoms with Gasteiger partial charge in [0.1, 0.15) is 0 Å². The molecule has 2 rings (SSSR count). The molecule has 116 valence electrons. The lowest BCUT2D eigenvalue weighted by Crippen LogP contribution is -2.44. The van der Waals surface area contributed by atoms with Crippen LogP contribution in [0.2, 0.25) is 0 Å². The molecule has 0 saturated heterocycles. The molecule has 0 unspecified atom stereocenters. The second kappa shape index (κ2) is 7.08. The minimum Gasteiger partial charge on any atom is -0.389 e. The SMILES string of the molecule is CC(C)C(=O)NC[C@H](c1ccccc1)C1(O)CCCCC1. The van der Waals surface area contributed by atoms with E-state index in [0.717, 1.165) is 31.2 Å². The normalized spacial score (nSPS) is 19.2. The largest absolute Gasteiger partial charge is 0.389 e. The van der Waals surface area contributed by atoms with Gasteiger partial charge in [0.2, 0.25) is 5.91 Å². The Balaban J connectivity index is 2.16. The molecule has 2 N–H and O–H groups in total. The van der Waals surface area contributed by atoms with E-state index in [1.54, 1.807) is 0 Å². The molecule has 1 aromatic rings. The van der Waals surface area contributed by atoms with Gasteiger partial charge in [-0.2, -0.15) is 0 Å². The van der Waals surface area contributed by atoms with Crippen LogP contribution in [0.3, 0.4) is 0 Å². The van der Waals surface area contributed by atoms with Gasteiger partial charge in [0.05, 0.1) is 5.60 Å². The van der Waals surface area contributed by atoms with Crippen molar-refractivity contribution in [3.63, 3.8) is 0 Å². The Morgan fingerprint density at radius 1 is 1.19 bits per heavy atom. The van der Waals surface area contributed by atoms with Gasteiger partial charge in [0.25, 0.3) is 0 Å². The van der Waals surface area contributed by atoms with Crippen LogP contribution >= 0.6 is 0 Å². The van der Waals surface area contributed by atoms with E-state index in [4.69, 9.17) is 0 Å². The number of hydrogen-bond donors (Lipinski definition) is 2. The lowest BCUT2D eigenvalue weighted by Gasteiger charge is -2.39. The zero-order chi connectivity index (χ0) is 15.3. The third kappa shape index (κ3) is 4.07. The fourth-order valence-corrected chi connectivity index (χ4v) is 3.22. The minimum atomic E-state index is -0.691. The van der Waals surface area contributed by atoms with Crippen LogP contribution in [0.15, 0.2) is 30.3 Å². The lowest BCUT2D eigenvalue weighted by molar-refractivity contribution is -0.124. The van der Waals surface area contributed by atoms with E-state index >= 15 is 0 Å². The molecule has 0 heterocycles. The Labute approximate surface area is 127 Å². The molecule has 1 aliphatic rings. The van der Waals surface area contributed by atoms with E-state index in [-0.39, 0.29) is 17.7 Å². The average molecular weight is 289 g/mol. The summed E-state index contributed by atoms with van der Waals surface area (Å²) in [6, 6.07) is 10.1. The number of benzene rings is 1. The van der Waals surface area contributed by atoms with Crippen molar-refractivity contribution < 1.29 is 9.90 Å². The molecule has 21 heavy (non-hydrogen) atoms. The van der Waals surface area contributed by atoms with Gasteiger partial charge in [0, 0.05) is 18.4 Å². The summed E-state index contributed by atoms with van der Waals surface area (Å²) in [5.74, 6) is -0.000498. The maximum atomic E-state index is 11.9. The average Bonchev–Trinajstić information content (AvgIpc) is 2.48. The van der Waals surface area contributed by atoms with Crippen LogP contribution in [-0.4, -0.2) is 23.2 Å². The predicted molar refractivity (Wildman–Crippen MR) is 85.1 cm³/mol. The third-order valence-electron chi connectivity index (χ3n) is 4.57. The predicted octanol–water partition coefficient (Wildman–Crippen LogP) is 3.24. The number of hydrogen-bond acceptors (Lipinski definition) is 2. The molecule has 1 aromatic carbocycles. The highest BCUT2D eigenvalue weighted by molar-refractivity contribution is 5.77. The number of nitrogens with one attached hydrogen (secondary N) is 1. The Bertz CT molecular complexity index is 450. The highest BCUT2D eigenvalue weighted by Gasteiger charge is 2.38. The van der Waals surface area contributed by atoms with Gasteiger partial charge in [-0.05, 0) is 18.4 Å². The van der Waals surface area contributed by atoms with E-state index in [2.05, 4.69) is 17.4 Å². The number of carbonyl (C=O) groups excluding carboxylic acids is 1. The van der Waals surface area contributed by atoms with Crippen LogP contribution < -0.4 is 5.32 Å². The molecule has 3 heteroatoms. The van der Waals surface area contributed by atoms with Crippen LogP contribution in [0.4, 0.5) is 0 Å². The zero-order valence-electron chi connectivity index (χ0n) is 13.1. The van der Waals surface area contributed by atoms with Crippen molar-refractivity contribution >= 4 is 5.91 Å². The quantitative estimate of drug-likeness (QED) is 0.874. The Kier molecular flexibility index (Phi) is 5.40. The van der Waals surface area contributed by atoms with Crippen molar-refractivity contribution in [3.8, 4) is 0 Å². The first-order valence-electron chi connectivity index (χ1n) is 8.08. The Morgan fingerprint density at radius 2 is 1.81 bits per heavy atom. The van der Waals surface area contributed by atoms with Gasteiger partial charge in [-0.1, -0.05) is 63.4 Å². The van der Waals surface area contributed by atoms with Gasteiger partial charge in [-0.3, -0.25) is 4.79 Å². The second-order valence-electron chi connectivity index (χ2n) is 6.53. The first kappa shape index (κ1) is 16.0. The van der Waals surface area contributed by atoms with Crippen molar-refractivity contribution in [1.82, 2.24) is 5.32 Å². The molecule has 0 bridgehead atoms. The van der Waals surface area contributed by atoms with Gasteiger partial charge in [0.15, 0.2) is 0 Å². The van der Waals surface area contributed by atoms with Crippen molar-refractivity contribution in [1.29, 1.82) is 0 Å². The molecule has 1 fully saturated rings. The molecule has 0 spiro atoms. The molecule has 1 aliphatic carbocycles. The summed E-state index contributed by atoms with van der Waals surface area (Å²) in [6.07, 6.45) is 4.98. The maximum absolute atomic E-state index is 11.9. The van der Waals surface area contributed by atoms with E-state index in [9.17, 15) is 9.90 Å². The summed E-state index contributed by atoms with van der Waals surface area (Å²) in [4.78, 5) is 11.9. The van der Waals surface area contributed by atoms with Crippen LogP contribution in [0, 0.1) is 5.92 Å². The van der Waals surface area contributed by atoms with Gasteiger partial charge >= 0.3 is 0 Å². The molecule has 0 aromatic heterocycles. The second-order valence-corrected chi connectivity index (χ2v) is 6.53. The van der Waals surface area contributed by atoms with Crippen molar-refractivity contribution in [2.45, 2.75) is 57.5 Å². The monoisotopic (exact) mass is 289 g/mol. The smallest absolute Gasteiger partial charge is 0.222 e. The molecule has 0 aliphatic heterocycles. The third-order valence-corrected chi connectivity index (χ3v) is 4.57. The summed E-state index contributed by atoms with van der Waals surface area (Å²) in [5, 5.41) is 14.1. The molecular formula is C18H27NO2. The lowest BCUT2D eigenvalue weighted by atomic mass is 9.72. The minimum absolute atomic E-state index is 0.0255. The first-order valence-corrected chi connectivity index (χ1v) is 8.08. The summed E-state index contributed by atoms with van der Waals surface area (Å²) in [7, 11) is 0.